The first-order valence-electron chi connectivity index (χ1n) is 6.70. The maximum atomic E-state index is 12.4. The molecule has 3 heteroatoms. The number of H-pyrrole nitrogens is 1. The first-order valence-corrected chi connectivity index (χ1v) is 6.70. The minimum atomic E-state index is -0.211. The van der Waals surface area contributed by atoms with Gasteiger partial charge in [-0.2, -0.15) is 0 Å². The molecule has 0 saturated carbocycles. The lowest BCUT2D eigenvalue weighted by molar-refractivity contribution is 0.103. The molecule has 0 bridgehead atoms. The smallest absolute Gasteiger partial charge is 0.200 e. The van der Waals surface area contributed by atoms with Crippen molar-refractivity contribution in [1.82, 2.24) is 4.98 Å². The predicted octanol–water partition coefficient (Wildman–Crippen LogP) is 3.23. The number of rotatable bonds is 2. The molecule has 3 nitrogen and oxygen atoms in total. The van der Waals surface area contributed by atoms with E-state index in [0.29, 0.717) is 16.9 Å². The number of allylic oxidation sites excluding steroid dienone is 4. The number of nitrogens with one attached hydrogen (secondary N) is 1. The summed E-state index contributed by atoms with van der Waals surface area (Å²) in [6.45, 7) is 2.09. The van der Waals surface area contributed by atoms with Crippen LogP contribution in [0, 0.1) is 5.92 Å². The molecule has 1 heterocycles. The van der Waals surface area contributed by atoms with Crippen molar-refractivity contribution in [3.8, 4) is 0 Å². The standard InChI is InChI=1S/C17H15NO2/c1-11-6-8-12(9-7-11)16(19)14-10-18-15-5-3-2-4-13(15)17(14)20/h2-6,8-11H,7H2,1H3,(H,18,20). The Bertz CT molecular complexity index is 796. The van der Waals surface area contributed by atoms with E-state index in [-0.39, 0.29) is 16.8 Å². The minimum absolute atomic E-state index is 0.203. The van der Waals surface area contributed by atoms with Crippen LogP contribution in [0.2, 0.25) is 0 Å². The van der Waals surface area contributed by atoms with Crippen molar-refractivity contribution in [3.05, 3.63) is 70.1 Å². The van der Waals surface area contributed by atoms with Gasteiger partial charge in [-0.1, -0.05) is 37.3 Å². The van der Waals surface area contributed by atoms with E-state index in [0.717, 1.165) is 11.9 Å². The van der Waals surface area contributed by atoms with Crippen LogP contribution in [-0.2, 0) is 0 Å². The summed E-state index contributed by atoms with van der Waals surface area (Å²) in [4.78, 5) is 27.8. The monoisotopic (exact) mass is 265 g/mol. The zero-order valence-corrected chi connectivity index (χ0v) is 11.2. The molecule has 1 atom stereocenters. The second kappa shape index (κ2) is 4.93. The third-order valence-electron chi connectivity index (χ3n) is 3.61. The second-order valence-electron chi connectivity index (χ2n) is 5.14. The topological polar surface area (TPSA) is 49.9 Å². The molecule has 0 radical (unpaired) electrons. The molecule has 1 N–H and O–H groups in total. The van der Waals surface area contributed by atoms with E-state index in [4.69, 9.17) is 0 Å². The Kier molecular flexibility index (Phi) is 3.11. The fourth-order valence-electron chi connectivity index (χ4n) is 2.39. The van der Waals surface area contributed by atoms with Crippen molar-refractivity contribution < 1.29 is 4.79 Å². The van der Waals surface area contributed by atoms with Crippen molar-refractivity contribution in [2.75, 3.05) is 0 Å². The Morgan fingerprint density at radius 3 is 2.85 bits per heavy atom. The molecule has 100 valence electrons. The zero-order valence-electron chi connectivity index (χ0n) is 11.2. The highest BCUT2D eigenvalue weighted by Crippen LogP contribution is 2.18. The normalized spacial score (nSPS) is 18.1. The SMILES string of the molecule is CC1C=CC(C(=O)c2c[nH]c3ccccc3c2=O)=CC1. The Labute approximate surface area is 116 Å². The Morgan fingerprint density at radius 2 is 2.10 bits per heavy atom. The zero-order chi connectivity index (χ0) is 14.1. The number of carbonyl (C=O) groups excluding carboxylic acids is 1. The molecule has 3 rings (SSSR count). The minimum Gasteiger partial charge on any atom is -0.360 e. The van der Waals surface area contributed by atoms with Crippen LogP contribution in [0.3, 0.4) is 0 Å². The maximum Gasteiger partial charge on any atom is 0.200 e. The molecule has 0 spiro atoms. The molecule has 1 aliphatic carbocycles. The average Bonchev–Trinajstić information content (AvgIpc) is 2.48. The number of ketones is 1. The van der Waals surface area contributed by atoms with Gasteiger partial charge in [0.15, 0.2) is 5.78 Å². The molecule has 1 aliphatic rings. The third-order valence-corrected chi connectivity index (χ3v) is 3.61. The van der Waals surface area contributed by atoms with Crippen LogP contribution in [0.5, 0.6) is 0 Å². The molecule has 20 heavy (non-hydrogen) atoms. The van der Waals surface area contributed by atoms with Crippen molar-refractivity contribution in [2.45, 2.75) is 13.3 Å². The van der Waals surface area contributed by atoms with E-state index < -0.39 is 0 Å². The molecule has 1 aromatic carbocycles. The largest absolute Gasteiger partial charge is 0.360 e. The number of hydrogen-bond acceptors (Lipinski definition) is 2. The van der Waals surface area contributed by atoms with E-state index in [1.165, 1.54) is 6.20 Å². The van der Waals surface area contributed by atoms with E-state index >= 15 is 0 Å². The number of carbonyl (C=O) groups is 1. The van der Waals surface area contributed by atoms with Gasteiger partial charge in [0.2, 0.25) is 5.43 Å². The van der Waals surface area contributed by atoms with Gasteiger partial charge in [-0.3, -0.25) is 9.59 Å². The quantitative estimate of drug-likeness (QED) is 0.847. The molecule has 2 aromatic rings. The Balaban J connectivity index is 2.07. The number of pyridine rings is 1. The number of fused-ring (bicyclic) bond motifs is 1. The van der Waals surface area contributed by atoms with Crippen molar-refractivity contribution in [1.29, 1.82) is 0 Å². The lowest BCUT2D eigenvalue weighted by Gasteiger charge is -2.10. The number of para-hydroxylation sites is 1. The van der Waals surface area contributed by atoms with Gasteiger partial charge in [-0.05, 0) is 24.5 Å². The summed E-state index contributed by atoms with van der Waals surface area (Å²) in [5.74, 6) is 0.238. The van der Waals surface area contributed by atoms with Gasteiger partial charge < -0.3 is 4.98 Å². The van der Waals surface area contributed by atoms with E-state index in [9.17, 15) is 9.59 Å². The van der Waals surface area contributed by atoms with E-state index in [1.807, 2.05) is 30.4 Å². The van der Waals surface area contributed by atoms with Crippen LogP contribution in [0.25, 0.3) is 10.9 Å². The fraction of sp³-hybridized carbons (Fsp3) is 0.176. The van der Waals surface area contributed by atoms with Gasteiger partial charge >= 0.3 is 0 Å². The lowest BCUT2D eigenvalue weighted by atomic mass is 9.93. The summed E-state index contributed by atoms with van der Waals surface area (Å²) >= 11 is 0. The number of aromatic nitrogens is 1. The van der Waals surface area contributed by atoms with Crippen LogP contribution in [-0.4, -0.2) is 10.8 Å². The van der Waals surface area contributed by atoms with Gasteiger partial charge in [0.05, 0.1) is 5.56 Å². The van der Waals surface area contributed by atoms with Crippen LogP contribution in [0.1, 0.15) is 23.7 Å². The predicted molar refractivity (Wildman–Crippen MR) is 79.9 cm³/mol. The van der Waals surface area contributed by atoms with Crippen molar-refractivity contribution >= 4 is 16.7 Å². The fourth-order valence-corrected chi connectivity index (χ4v) is 2.39. The van der Waals surface area contributed by atoms with Gasteiger partial charge in [0.25, 0.3) is 0 Å². The second-order valence-corrected chi connectivity index (χ2v) is 5.14. The van der Waals surface area contributed by atoms with Gasteiger partial charge in [-0.25, -0.2) is 0 Å². The van der Waals surface area contributed by atoms with Crippen molar-refractivity contribution in [2.24, 2.45) is 5.92 Å². The number of aromatic amines is 1. The average molecular weight is 265 g/mol. The Hall–Kier alpha value is -2.42. The molecule has 0 aliphatic heterocycles. The van der Waals surface area contributed by atoms with Gasteiger partial charge in [-0.15, -0.1) is 0 Å². The maximum absolute atomic E-state index is 12.4. The molecule has 1 unspecified atom stereocenters. The van der Waals surface area contributed by atoms with E-state index in [2.05, 4.69) is 11.9 Å². The summed E-state index contributed by atoms with van der Waals surface area (Å²) in [6.07, 6.45) is 8.07. The highest BCUT2D eigenvalue weighted by Gasteiger charge is 2.17. The van der Waals surface area contributed by atoms with Gasteiger partial charge in [0, 0.05) is 22.7 Å². The first kappa shape index (κ1) is 12.6. The highest BCUT2D eigenvalue weighted by molar-refractivity contribution is 6.11. The molecule has 0 amide bonds. The molecular weight excluding hydrogens is 250 g/mol. The van der Waals surface area contributed by atoms with Gasteiger partial charge in [0.1, 0.15) is 0 Å². The van der Waals surface area contributed by atoms with Crippen LogP contribution in [0.4, 0.5) is 0 Å². The molecular formula is C17H15NO2. The summed E-state index contributed by atoms with van der Waals surface area (Å²) in [5.41, 5.74) is 1.34. The molecule has 1 aromatic heterocycles. The van der Waals surface area contributed by atoms with E-state index in [1.54, 1.807) is 12.1 Å². The summed E-state index contributed by atoms with van der Waals surface area (Å²) in [7, 11) is 0. The Morgan fingerprint density at radius 1 is 1.30 bits per heavy atom. The highest BCUT2D eigenvalue weighted by atomic mass is 16.1. The summed E-state index contributed by atoms with van der Waals surface area (Å²) < 4.78 is 0. The first-order chi connectivity index (χ1) is 9.66. The number of Topliss-reactive ketones (excluding diaryl/α,β-unsaturated/α-hetero) is 1. The van der Waals surface area contributed by atoms with Crippen LogP contribution < -0.4 is 5.43 Å². The molecule has 0 fully saturated rings. The number of benzene rings is 1. The molecule has 0 saturated heterocycles. The number of hydrogen-bond donors (Lipinski definition) is 1. The summed E-state index contributed by atoms with van der Waals surface area (Å²) in [6, 6.07) is 7.21. The van der Waals surface area contributed by atoms with Crippen LogP contribution >= 0.6 is 0 Å². The summed E-state index contributed by atoms with van der Waals surface area (Å²) in [5, 5.41) is 0.548. The lowest BCUT2D eigenvalue weighted by Crippen LogP contribution is -2.17. The van der Waals surface area contributed by atoms with Crippen LogP contribution in [0.15, 0.2) is 59.1 Å². The van der Waals surface area contributed by atoms with Crippen molar-refractivity contribution in [3.63, 3.8) is 0 Å². The third kappa shape index (κ3) is 2.11.